The monoisotopic (exact) mass is 278 g/mol. The van der Waals surface area contributed by atoms with Crippen LogP contribution in [0, 0.1) is 5.92 Å². The van der Waals surface area contributed by atoms with Gasteiger partial charge in [0.1, 0.15) is 18.3 Å². The number of carbonyl (C=O) groups is 1. The van der Waals surface area contributed by atoms with Crippen molar-refractivity contribution in [2.24, 2.45) is 11.7 Å². The molecule has 0 aliphatic carbocycles. The molecule has 0 saturated heterocycles. The molecule has 1 amide bonds. The lowest BCUT2D eigenvalue weighted by molar-refractivity contribution is -0.132. The van der Waals surface area contributed by atoms with Crippen molar-refractivity contribution in [2.45, 2.75) is 12.8 Å². The van der Waals surface area contributed by atoms with Gasteiger partial charge in [0.05, 0.1) is 4.99 Å². The highest BCUT2D eigenvalue weighted by Crippen LogP contribution is 2.34. The Hall–Kier alpha value is -1.62. The number of benzene rings is 1. The molecule has 0 saturated carbocycles. The van der Waals surface area contributed by atoms with Crippen molar-refractivity contribution in [1.29, 1.82) is 0 Å². The number of rotatable bonds is 4. The van der Waals surface area contributed by atoms with Gasteiger partial charge in [-0.2, -0.15) is 0 Å². The second-order valence-corrected chi connectivity index (χ2v) is 5.39. The maximum atomic E-state index is 12.4. The zero-order valence-electron chi connectivity index (χ0n) is 11.1. The minimum atomic E-state index is -0.222. The summed E-state index contributed by atoms with van der Waals surface area (Å²) in [7, 11) is 1.78. The molecule has 102 valence electrons. The second kappa shape index (κ2) is 5.57. The molecule has 0 radical (unpaired) electrons. The SMILES string of the molecule is CC(CN(C)C(=O)C1COc2ccccc21)C(N)=S. The summed E-state index contributed by atoms with van der Waals surface area (Å²) in [5.41, 5.74) is 6.54. The van der Waals surface area contributed by atoms with Gasteiger partial charge in [-0.1, -0.05) is 37.3 Å². The van der Waals surface area contributed by atoms with Crippen LogP contribution < -0.4 is 10.5 Å². The number of fused-ring (bicyclic) bond motifs is 1. The number of hydrogen-bond donors (Lipinski definition) is 1. The molecule has 2 unspecified atom stereocenters. The Morgan fingerprint density at radius 3 is 2.95 bits per heavy atom. The molecule has 0 spiro atoms. The van der Waals surface area contributed by atoms with E-state index in [1.807, 2.05) is 31.2 Å². The predicted octanol–water partition coefficient (Wildman–Crippen LogP) is 1.54. The molecule has 4 nitrogen and oxygen atoms in total. The topological polar surface area (TPSA) is 55.6 Å². The minimum absolute atomic E-state index is 0.0153. The van der Waals surface area contributed by atoms with Crippen LogP contribution in [-0.4, -0.2) is 36.0 Å². The van der Waals surface area contributed by atoms with Gasteiger partial charge >= 0.3 is 0 Å². The molecule has 1 aliphatic heterocycles. The minimum Gasteiger partial charge on any atom is -0.492 e. The number of nitrogens with two attached hydrogens (primary N) is 1. The summed E-state index contributed by atoms with van der Waals surface area (Å²) in [6, 6.07) is 7.66. The highest BCUT2D eigenvalue weighted by Gasteiger charge is 2.32. The fourth-order valence-electron chi connectivity index (χ4n) is 2.22. The smallest absolute Gasteiger partial charge is 0.233 e. The number of para-hydroxylation sites is 1. The number of thiocarbonyl (C=S) groups is 1. The molecule has 19 heavy (non-hydrogen) atoms. The van der Waals surface area contributed by atoms with E-state index in [-0.39, 0.29) is 17.7 Å². The molecule has 2 atom stereocenters. The molecule has 0 fully saturated rings. The van der Waals surface area contributed by atoms with Crippen LogP contribution in [0.1, 0.15) is 18.4 Å². The van der Waals surface area contributed by atoms with E-state index in [0.29, 0.717) is 18.1 Å². The van der Waals surface area contributed by atoms with Crippen molar-refractivity contribution in [3.05, 3.63) is 29.8 Å². The first-order valence-corrected chi connectivity index (χ1v) is 6.67. The van der Waals surface area contributed by atoms with Crippen molar-refractivity contribution in [1.82, 2.24) is 4.90 Å². The summed E-state index contributed by atoms with van der Waals surface area (Å²) in [4.78, 5) is 14.5. The lowest BCUT2D eigenvalue weighted by Crippen LogP contribution is -2.38. The van der Waals surface area contributed by atoms with E-state index >= 15 is 0 Å². The van der Waals surface area contributed by atoms with Crippen molar-refractivity contribution < 1.29 is 9.53 Å². The number of hydrogen-bond acceptors (Lipinski definition) is 3. The van der Waals surface area contributed by atoms with Gasteiger partial charge in [-0.05, 0) is 6.07 Å². The Labute approximate surface area is 118 Å². The lowest BCUT2D eigenvalue weighted by atomic mass is 9.99. The third kappa shape index (κ3) is 2.87. The van der Waals surface area contributed by atoms with Crippen LogP contribution in [0.4, 0.5) is 0 Å². The first kappa shape index (κ1) is 13.8. The zero-order valence-corrected chi connectivity index (χ0v) is 11.9. The molecule has 2 rings (SSSR count). The Morgan fingerprint density at radius 2 is 2.26 bits per heavy atom. The maximum absolute atomic E-state index is 12.4. The van der Waals surface area contributed by atoms with Crippen molar-refractivity contribution in [3.8, 4) is 5.75 Å². The first-order valence-electron chi connectivity index (χ1n) is 6.26. The van der Waals surface area contributed by atoms with Gasteiger partial charge in [-0.25, -0.2) is 0 Å². The van der Waals surface area contributed by atoms with E-state index in [1.54, 1.807) is 11.9 Å². The number of likely N-dealkylation sites (N-methyl/N-ethyl adjacent to an activating group) is 1. The molecule has 0 aromatic heterocycles. The average Bonchev–Trinajstić information content (AvgIpc) is 2.81. The van der Waals surface area contributed by atoms with Gasteiger partial charge in [-0.3, -0.25) is 4.79 Å². The van der Waals surface area contributed by atoms with Crippen LogP contribution in [0.15, 0.2) is 24.3 Å². The molecule has 1 heterocycles. The summed E-state index contributed by atoms with van der Waals surface area (Å²) in [5, 5.41) is 0. The van der Waals surface area contributed by atoms with Crippen LogP contribution in [0.2, 0.25) is 0 Å². The van der Waals surface area contributed by atoms with E-state index in [0.717, 1.165) is 11.3 Å². The third-order valence-electron chi connectivity index (χ3n) is 3.41. The van der Waals surface area contributed by atoms with Gasteiger partial charge in [0.15, 0.2) is 0 Å². The second-order valence-electron chi connectivity index (χ2n) is 4.92. The quantitative estimate of drug-likeness (QED) is 0.849. The van der Waals surface area contributed by atoms with E-state index in [2.05, 4.69) is 0 Å². The van der Waals surface area contributed by atoms with E-state index < -0.39 is 0 Å². The fourth-order valence-corrected chi connectivity index (χ4v) is 2.30. The lowest BCUT2D eigenvalue weighted by Gasteiger charge is -2.23. The summed E-state index contributed by atoms with van der Waals surface area (Å²) >= 11 is 4.94. The van der Waals surface area contributed by atoms with E-state index in [4.69, 9.17) is 22.7 Å². The fraction of sp³-hybridized carbons (Fsp3) is 0.429. The Morgan fingerprint density at radius 1 is 1.58 bits per heavy atom. The van der Waals surface area contributed by atoms with Crippen molar-refractivity contribution >= 4 is 23.1 Å². The molecule has 2 N–H and O–H groups in total. The molecular weight excluding hydrogens is 260 g/mol. The standard InChI is InChI=1S/C14H18N2O2S/c1-9(13(15)19)7-16(2)14(17)11-8-18-12-6-4-3-5-10(11)12/h3-6,9,11H,7-8H2,1-2H3,(H2,15,19). The van der Waals surface area contributed by atoms with Gasteiger partial charge in [0, 0.05) is 25.1 Å². The highest BCUT2D eigenvalue weighted by atomic mass is 32.1. The normalized spacial score (nSPS) is 18.3. The van der Waals surface area contributed by atoms with Gasteiger partial charge in [0.25, 0.3) is 0 Å². The molecule has 0 bridgehead atoms. The number of nitrogens with zero attached hydrogens (tertiary/aromatic N) is 1. The summed E-state index contributed by atoms with van der Waals surface area (Å²) in [6.45, 7) is 2.86. The van der Waals surface area contributed by atoms with Gasteiger partial charge in [0.2, 0.25) is 5.91 Å². The number of amides is 1. The number of carbonyl (C=O) groups excluding carboxylic acids is 1. The van der Waals surface area contributed by atoms with Crippen LogP contribution in [0.25, 0.3) is 0 Å². The third-order valence-corrected chi connectivity index (χ3v) is 3.81. The van der Waals surface area contributed by atoms with Crippen LogP contribution in [-0.2, 0) is 4.79 Å². The summed E-state index contributed by atoms with van der Waals surface area (Å²) in [5.74, 6) is 0.644. The Balaban J connectivity index is 2.07. The highest BCUT2D eigenvalue weighted by molar-refractivity contribution is 7.80. The maximum Gasteiger partial charge on any atom is 0.233 e. The zero-order chi connectivity index (χ0) is 14.0. The Kier molecular flexibility index (Phi) is 4.04. The van der Waals surface area contributed by atoms with Gasteiger partial charge in [-0.15, -0.1) is 0 Å². The van der Waals surface area contributed by atoms with Crippen molar-refractivity contribution in [3.63, 3.8) is 0 Å². The first-order chi connectivity index (χ1) is 9.00. The number of ether oxygens (including phenoxy) is 1. The Bertz CT molecular complexity index is 504. The van der Waals surface area contributed by atoms with Crippen molar-refractivity contribution in [2.75, 3.05) is 20.2 Å². The molecule has 1 aromatic rings. The van der Waals surface area contributed by atoms with Crippen LogP contribution in [0.5, 0.6) is 5.75 Å². The summed E-state index contributed by atoms with van der Waals surface area (Å²) in [6.07, 6.45) is 0. The van der Waals surface area contributed by atoms with E-state index in [9.17, 15) is 4.79 Å². The molecule has 1 aromatic carbocycles. The molecular formula is C14H18N2O2S. The van der Waals surface area contributed by atoms with Gasteiger partial charge < -0.3 is 15.4 Å². The molecule has 5 heteroatoms. The summed E-state index contributed by atoms with van der Waals surface area (Å²) < 4.78 is 5.54. The average molecular weight is 278 g/mol. The predicted molar refractivity (Wildman–Crippen MR) is 78.3 cm³/mol. The molecule has 1 aliphatic rings. The van der Waals surface area contributed by atoms with Crippen LogP contribution >= 0.6 is 12.2 Å². The van der Waals surface area contributed by atoms with Crippen LogP contribution in [0.3, 0.4) is 0 Å². The van der Waals surface area contributed by atoms with E-state index in [1.165, 1.54) is 0 Å². The largest absolute Gasteiger partial charge is 0.492 e.